The average molecular weight is 1380 g/mol. The molecule has 538 valence electrons. The van der Waals surface area contributed by atoms with Gasteiger partial charge in [-0.25, -0.2) is 0 Å². The number of nitrogens with zero attached hydrogens (tertiary/aromatic N) is 8. The highest BCUT2D eigenvalue weighted by Gasteiger charge is 2.48. The number of hydrogen-bond donors (Lipinski definition) is 4. The van der Waals surface area contributed by atoms with Gasteiger partial charge in [0.15, 0.2) is 0 Å². The van der Waals surface area contributed by atoms with Crippen molar-refractivity contribution in [2.45, 2.75) is 225 Å². The monoisotopic (exact) mass is 1370 g/mol. The fourth-order valence-electron chi connectivity index (χ4n) is 13.4. The Hall–Kier alpha value is -7.06. The minimum Gasteiger partial charge on any atom is -0.347 e. The number of amides is 12. The molecule has 24 nitrogen and oxygen atoms in total. The predicted octanol–water partition coefficient (Wildman–Crippen LogP) is 4.87. The van der Waals surface area contributed by atoms with Crippen molar-refractivity contribution >= 4 is 82.5 Å². The minimum atomic E-state index is -4.77. The summed E-state index contributed by atoms with van der Waals surface area (Å²) >= 11 is 6.08. The third-order valence-corrected chi connectivity index (χ3v) is 20.4. The minimum absolute atomic E-state index is 0.0160. The zero-order valence-electron chi connectivity index (χ0n) is 59.1. The molecule has 96 heavy (non-hydrogen) atoms. The van der Waals surface area contributed by atoms with E-state index in [1.165, 1.54) is 106 Å². The van der Waals surface area contributed by atoms with Gasteiger partial charge in [0.25, 0.3) is 0 Å². The lowest BCUT2D eigenvalue weighted by Gasteiger charge is -2.45. The van der Waals surface area contributed by atoms with Crippen molar-refractivity contribution in [3.05, 3.63) is 34.3 Å². The molecule has 1 unspecified atom stereocenters. The highest BCUT2D eigenvalue weighted by atomic mass is 35.5. The van der Waals surface area contributed by atoms with Gasteiger partial charge in [0, 0.05) is 62.9 Å². The van der Waals surface area contributed by atoms with Crippen LogP contribution in [0.15, 0.2) is 18.2 Å². The summed E-state index contributed by atoms with van der Waals surface area (Å²) in [5.41, 5.74) is -0.822. The van der Waals surface area contributed by atoms with Gasteiger partial charge in [0.05, 0.1) is 23.6 Å². The number of fused-ring (bicyclic) bond motifs is 1. The molecule has 4 N–H and O–H groups in total. The first-order chi connectivity index (χ1) is 44.8. The van der Waals surface area contributed by atoms with Crippen LogP contribution in [0.5, 0.6) is 0 Å². The summed E-state index contributed by atoms with van der Waals surface area (Å²) in [6.45, 7) is 13.0. The van der Waals surface area contributed by atoms with Gasteiger partial charge >= 0.3 is 6.18 Å². The molecule has 1 aromatic rings. The first-order valence-corrected chi connectivity index (χ1v) is 34.4. The Bertz CT molecular complexity index is 2980. The molecular weight excluding hydrogens is 1270 g/mol. The lowest BCUT2D eigenvalue weighted by molar-refractivity contribution is -0.160. The van der Waals surface area contributed by atoms with E-state index < -0.39 is 179 Å². The second-order valence-electron chi connectivity index (χ2n) is 28.2. The molecule has 4 fully saturated rings. The molecule has 11 atom stereocenters. The van der Waals surface area contributed by atoms with Crippen molar-refractivity contribution in [1.82, 2.24) is 60.5 Å². The Labute approximate surface area is 569 Å². The molecule has 2 saturated carbocycles. The van der Waals surface area contributed by atoms with Crippen LogP contribution in [0, 0.1) is 29.6 Å². The Balaban J connectivity index is 1.60. The molecule has 4 aliphatic rings. The van der Waals surface area contributed by atoms with E-state index in [4.69, 9.17) is 11.6 Å². The fourth-order valence-corrected chi connectivity index (χ4v) is 13.7. The van der Waals surface area contributed by atoms with Crippen LogP contribution in [-0.2, 0) is 70.1 Å². The van der Waals surface area contributed by atoms with Gasteiger partial charge in [-0.3, -0.25) is 57.5 Å². The maximum absolute atomic E-state index is 15.3. The van der Waals surface area contributed by atoms with Crippen LogP contribution in [0.2, 0.25) is 5.02 Å². The molecule has 0 aromatic heterocycles. The molecular formula is C68H106ClF3N12O12. The molecule has 2 heterocycles. The van der Waals surface area contributed by atoms with Crippen molar-refractivity contribution in [3.63, 3.8) is 0 Å². The first kappa shape index (κ1) is 79.6. The largest absolute Gasteiger partial charge is 0.417 e. The van der Waals surface area contributed by atoms with Crippen LogP contribution in [0.3, 0.4) is 0 Å². The number of carbonyl (C=O) groups excluding carboxylic acids is 12. The Morgan fingerprint density at radius 1 is 0.656 bits per heavy atom. The third kappa shape index (κ3) is 20.1. The van der Waals surface area contributed by atoms with E-state index >= 15 is 4.79 Å². The molecule has 12 amide bonds. The maximum Gasteiger partial charge on any atom is 0.417 e. The second-order valence-corrected chi connectivity index (χ2v) is 28.6. The number of alkyl halides is 3. The third-order valence-electron chi connectivity index (χ3n) is 20.1. The highest BCUT2D eigenvalue weighted by Crippen LogP contribution is 2.37. The summed E-state index contributed by atoms with van der Waals surface area (Å²) in [5.74, 6) is -10.1. The van der Waals surface area contributed by atoms with E-state index in [0.717, 1.165) is 66.9 Å². The molecule has 5 rings (SSSR count). The van der Waals surface area contributed by atoms with E-state index in [-0.39, 0.29) is 56.0 Å². The van der Waals surface area contributed by atoms with E-state index in [1.807, 2.05) is 20.8 Å². The second kappa shape index (κ2) is 34.9. The number of benzene rings is 1. The fraction of sp³-hybridized carbons (Fsp3) is 0.735. The molecule has 28 heteroatoms. The molecule has 0 radical (unpaired) electrons. The van der Waals surface area contributed by atoms with Gasteiger partial charge in [-0.2, -0.15) is 13.2 Å². The van der Waals surface area contributed by atoms with Gasteiger partial charge in [0.1, 0.15) is 60.4 Å². The number of hydrogen-bond acceptors (Lipinski definition) is 12. The van der Waals surface area contributed by atoms with Crippen molar-refractivity contribution in [1.29, 1.82) is 0 Å². The number of halogens is 4. The van der Waals surface area contributed by atoms with Crippen LogP contribution in [0.4, 0.5) is 13.2 Å². The summed E-state index contributed by atoms with van der Waals surface area (Å²) in [6.07, 6.45) is 2.01. The van der Waals surface area contributed by atoms with Crippen molar-refractivity contribution in [2.24, 2.45) is 29.6 Å². The van der Waals surface area contributed by atoms with Gasteiger partial charge < -0.3 is 60.5 Å². The van der Waals surface area contributed by atoms with Gasteiger partial charge in [-0.1, -0.05) is 111 Å². The summed E-state index contributed by atoms with van der Waals surface area (Å²) in [5, 5.41) is 10.3. The highest BCUT2D eigenvalue weighted by molar-refractivity contribution is 6.31. The van der Waals surface area contributed by atoms with E-state index in [9.17, 15) is 65.9 Å². The van der Waals surface area contributed by atoms with E-state index in [0.29, 0.717) is 19.3 Å². The normalized spacial score (nSPS) is 27.4. The van der Waals surface area contributed by atoms with Gasteiger partial charge in [-0.15, -0.1) is 0 Å². The first-order valence-electron chi connectivity index (χ1n) is 34.0. The predicted molar refractivity (Wildman–Crippen MR) is 355 cm³/mol. The van der Waals surface area contributed by atoms with Crippen LogP contribution >= 0.6 is 11.6 Å². The Kier molecular flexibility index (Phi) is 29.0. The van der Waals surface area contributed by atoms with Crippen LogP contribution < -0.4 is 21.3 Å². The zero-order chi connectivity index (χ0) is 72.1. The molecule has 2 aliphatic carbocycles. The summed E-state index contributed by atoms with van der Waals surface area (Å²) in [6, 6.07) is -9.58. The lowest BCUT2D eigenvalue weighted by Crippen LogP contribution is -2.65. The van der Waals surface area contributed by atoms with E-state index in [1.54, 1.807) is 20.8 Å². The molecule has 1 aromatic carbocycles. The Morgan fingerprint density at radius 2 is 1.25 bits per heavy atom. The van der Waals surface area contributed by atoms with Crippen LogP contribution in [-0.4, -0.2) is 240 Å². The van der Waals surface area contributed by atoms with Crippen molar-refractivity contribution < 1.29 is 70.7 Å². The number of likely N-dealkylation sites (N-methyl/N-ethyl adjacent to an activating group) is 7. The Morgan fingerprint density at radius 3 is 1.79 bits per heavy atom. The SMILES string of the molecule is CC[C@H](C)[C@@H]1NC(=O)[C@H](CC(C)C)N(C)C(=O)C[C@@H](C(=O)N(C)C)N(C)C(=O)[C@H](C2CCCC2)N(C)C(=O)[C@H](C(C)C)NC(=O)[C@@H](C)NC(=O)[C@H](CCc2ccc(C(F)(F)F)c(Cl)c2)NC(=O)CN(C)C(=O)[C@H](CC2CCCCC2)N(C)C(=O)C2CCN2C(=O)[C@H](C)N(C)C1=O. The smallest absolute Gasteiger partial charge is 0.347 e. The molecule has 2 saturated heterocycles. The van der Waals surface area contributed by atoms with E-state index in [2.05, 4.69) is 21.3 Å². The van der Waals surface area contributed by atoms with Crippen LogP contribution in [0.1, 0.15) is 163 Å². The summed E-state index contributed by atoms with van der Waals surface area (Å²) in [4.78, 5) is 186. The molecule has 2 aliphatic heterocycles. The summed E-state index contributed by atoms with van der Waals surface area (Å²) < 4.78 is 41.3. The molecule has 0 spiro atoms. The number of aryl methyl sites for hydroxylation is 1. The van der Waals surface area contributed by atoms with Crippen molar-refractivity contribution in [3.8, 4) is 0 Å². The van der Waals surface area contributed by atoms with Crippen LogP contribution in [0.25, 0.3) is 0 Å². The van der Waals surface area contributed by atoms with Gasteiger partial charge in [-0.05, 0) is 106 Å². The average Bonchev–Trinajstić information content (AvgIpc) is 0.921. The number of carbonyl (C=O) groups is 12. The summed E-state index contributed by atoms with van der Waals surface area (Å²) in [7, 11) is 11.4. The topological polar surface area (TPSA) is 279 Å². The molecule has 0 bridgehead atoms. The maximum atomic E-state index is 15.3. The standard InChI is InChI=1S/C68H106ClF3N12O12/c1-17-40(6)56-66(95)79(12)42(8)61(90)84-32-31-49(84)64(93)81(14)51(35-43-23-19-18-20-24-43)63(92)78(11)37-53(85)74-48(30-28-44-27-29-46(47(69)34-44)68(70,71)72)59(88)73-41(7)58(87)75-55(39(4)5)65(94)83(16)57(45-25-21-22-26-45)67(96)82(15)52(62(91)77(9)10)36-54(86)80(13)50(33-38(2)3)60(89)76-56/h27,29,34,38-43,45,48-52,55-57H,17-26,28,30-33,35-37H2,1-16H3,(H,73,88)(H,74,85)(H,75,87)(H,76,89)/t40-,41+,42-,48-,49?,50-,51-,52-,55-,56-,57-/m0/s1. The number of rotatable bonds is 12. The zero-order valence-corrected chi connectivity index (χ0v) is 59.9. The number of nitrogens with one attached hydrogen (secondary N) is 4. The quantitative estimate of drug-likeness (QED) is 0.218. The van der Waals surface area contributed by atoms with Gasteiger partial charge in [0.2, 0.25) is 70.9 Å². The lowest BCUT2D eigenvalue weighted by atomic mass is 9.84. The van der Waals surface area contributed by atoms with Crippen molar-refractivity contribution in [2.75, 3.05) is 69.5 Å².